The number of aliphatic hydroxyl groups excluding tert-OH is 1. The highest BCUT2D eigenvalue weighted by atomic mass is 16.5. The molecule has 0 spiro atoms. The molecule has 0 saturated carbocycles. The smallest absolute Gasteiger partial charge is 0.122 e. The normalized spacial score (nSPS) is 24.4. The van der Waals surface area contributed by atoms with Gasteiger partial charge in [-0.25, -0.2) is 0 Å². The molecule has 3 atom stereocenters. The molecule has 3 nitrogen and oxygen atoms in total. The Kier molecular flexibility index (Phi) is 4.83. The first-order chi connectivity index (χ1) is 9.15. The van der Waals surface area contributed by atoms with E-state index in [1.54, 1.807) is 7.11 Å². The average Bonchev–Trinajstić information content (AvgIpc) is 2.87. The van der Waals surface area contributed by atoms with Gasteiger partial charge in [-0.15, -0.1) is 0 Å². The Morgan fingerprint density at radius 2 is 2.26 bits per heavy atom. The van der Waals surface area contributed by atoms with E-state index in [4.69, 9.17) is 9.47 Å². The summed E-state index contributed by atoms with van der Waals surface area (Å²) in [7, 11) is 1.67. The van der Waals surface area contributed by atoms with Crippen LogP contribution in [0.25, 0.3) is 0 Å². The summed E-state index contributed by atoms with van der Waals surface area (Å²) >= 11 is 0. The van der Waals surface area contributed by atoms with Crippen molar-refractivity contribution in [2.75, 3.05) is 13.7 Å². The number of methoxy groups -OCH3 is 1. The predicted octanol–water partition coefficient (Wildman–Crippen LogP) is 2.72. The highest BCUT2D eigenvalue weighted by Gasteiger charge is 2.32. The topological polar surface area (TPSA) is 38.7 Å². The Morgan fingerprint density at radius 1 is 1.47 bits per heavy atom. The van der Waals surface area contributed by atoms with Gasteiger partial charge in [-0.2, -0.15) is 0 Å². The zero-order valence-corrected chi connectivity index (χ0v) is 12.1. The van der Waals surface area contributed by atoms with Crippen molar-refractivity contribution in [3.05, 3.63) is 29.3 Å². The van der Waals surface area contributed by atoms with Crippen molar-refractivity contribution < 1.29 is 14.6 Å². The summed E-state index contributed by atoms with van der Waals surface area (Å²) in [4.78, 5) is 0. The number of hydrogen-bond acceptors (Lipinski definition) is 3. The van der Waals surface area contributed by atoms with Crippen LogP contribution in [0, 0.1) is 12.8 Å². The van der Waals surface area contributed by atoms with Crippen LogP contribution < -0.4 is 4.74 Å². The zero-order chi connectivity index (χ0) is 13.8. The van der Waals surface area contributed by atoms with Crippen LogP contribution in [0.2, 0.25) is 0 Å². The molecule has 3 unspecified atom stereocenters. The van der Waals surface area contributed by atoms with Gasteiger partial charge < -0.3 is 14.6 Å². The van der Waals surface area contributed by atoms with E-state index in [-0.39, 0.29) is 18.1 Å². The van der Waals surface area contributed by atoms with E-state index in [1.165, 1.54) is 5.56 Å². The third-order valence-electron chi connectivity index (χ3n) is 4.02. The summed E-state index contributed by atoms with van der Waals surface area (Å²) < 4.78 is 11.0. The van der Waals surface area contributed by atoms with Crippen molar-refractivity contribution in [3.63, 3.8) is 0 Å². The summed E-state index contributed by atoms with van der Waals surface area (Å²) in [5.74, 6) is 1.10. The minimum Gasteiger partial charge on any atom is -0.496 e. The van der Waals surface area contributed by atoms with E-state index in [2.05, 4.69) is 19.9 Å². The zero-order valence-electron chi connectivity index (χ0n) is 12.1. The molecule has 0 aliphatic carbocycles. The van der Waals surface area contributed by atoms with Crippen LogP contribution in [-0.2, 0) is 11.2 Å². The van der Waals surface area contributed by atoms with Gasteiger partial charge in [-0.1, -0.05) is 24.6 Å². The summed E-state index contributed by atoms with van der Waals surface area (Å²) in [5.41, 5.74) is 2.27. The molecule has 1 aromatic carbocycles. The molecule has 1 aromatic rings. The van der Waals surface area contributed by atoms with E-state index in [0.29, 0.717) is 6.42 Å². The lowest BCUT2D eigenvalue weighted by Gasteiger charge is -2.23. The largest absolute Gasteiger partial charge is 0.496 e. The number of ether oxygens (including phenoxy) is 2. The summed E-state index contributed by atoms with van der Waals surface area (Å²) in [6.45, 7) is 4.94. The summed E-state index contributed by atoms with van der Waals surface area (Å²) in [5, 5.41) is 10.5. The maximum atomic E-state index is 10.5. The van der Waals surface area contributed by atoms with Crippen molar-refractivity contribution in [1.82, 2.24) is 0 Å². The van der Waals surface area contributed by atoms with Crippen molar-refractivity contribution >= 4 is 0 Å². The fourth-order valence-electron chi connectivity index (χ4n) is 2.97. The number of hydrogen-bond donors (Lipinski definition) is 1. The summed E-state index contributed by atoms with van der Waals surface area (Å²) in [6, 6.07) is 6.10. The van der Waals surface area contributed by atoms with Gasteiger partial charge in [-0.3, -0.25) is 0 Å². The van der Waals surface area contributed by atoms with E-state index in [9.17, 15) is 5.11 Å². The fourth-order valence-corrected chi connectivity index (χ4v) is 2.97. The Morgan fingerprint density at radius 3 is 2.95 bits per heavy atom. The molecule has 1 heterocycles. The first-order valence-corrected chi connectivity index (χ1v) is 7.09. The Balaban J connectivity index is 2.09. The molecule has 106 valence electrons. The molecular formula is C16H24O3. The fraction of sp³-hybridized carbons (Fsp3) is 0.625. The molecular weight excluding hydrogens is 240 g/mol. The number of benzene rings is 1. The van der Waals surface area contributed by atoms with Crippen molar-refractivity contribution in [2.24, 2.45) is 5.92 Å². The average molecular weight is 264 g/mol. The second-order valence-corrected chi connectivity index (χ2v) is 5.36. The third-order valence-corrected chi connectivity index (χ3v) is 4.02. The molecule has 2 rings (SSSR count). The highest BCUT2D eigenvalue weighted by molar-refractivity contribution is 5.37. The number of rotatable bonds is 5. The number of aryl methyl sites for hydroxylation is 1. The van der Waals surface area contributed by atoms with Crippen LogP contribution in [0.1, 0.15) is 30.9 Å². The Labute approximate surface area is 115 Å². The van der Waals surface area contributed by atoms with Crippen LogP contribution >= 0.6 is 0 Å². The molecule has 0 bridgehead atoms. The van der Waals surface area contributed by atoms with Gasteiger partial charge in [0.25, 0.3) is 0 Å². The Hall–Kier alpha value is -1.06. The molecule has 19 heavy (non-hydrogen) atoms. The van der Waals surface area contributed by atoms with Crippen molar-refractivity contribution in [2.45, 2.75) is 45.3 Å². The first kappa shape index (κ1) is 14.4. The van der Waals surface area contributed by atoms with Gasteiger partial charge in [0.15, 0.2) is 0 Å². The molecule has 3 heteroatoms. The molecule has 0 amide bonds. The van der Waals surface area contributed by atoms with E-state index >= 15 is 0 Å². The van der Waals surface area contributed by atoms with Gasteiger partial charge in [-0.05, 0) is 31.4 Å². The lowest BCUT2D eigenvalue weighted by atomic mass is 9.89. The lowest BCUT2D eigenvalue weighted by Crippen LogP contribution is -2.29. The molecule has 1 saturated heterocycles. The van der Waals surface area contributed by atoms with Gasteiger partial charge in [0.1, 0.15) is 5.75 Å². The minimum absolute atomic E-state index is 0.200. The van der Waals surface area contributed by atoms with Crippen LogP contribution in [0.15, 0.2) is 18.2 Å². The monoisotopic (exact) mass is 264 g/mol. The van der Waals surface area contributed by atoms with Crippen LogP contribution in [0.4, 0.5) is 0 Å². The van der Waals surface area contributed by atoms with Crippen molar-refractivity contribution in [3.8, 4) is 5.75 Å². The van der Waals surface area contributed by atoms with Crippen LogP contribution in [0.3, 0.4) is 0 Å². The maximum Gasteiger partial charge on any atom is 0.122 e. The molecule has 0 aromatic heterocycles. The summed E-state index contributed by atoms with van der Waals surface area (Å²) in [6.07, 6.45) is 2.39. The molecule has 1 N–H and O–H groups in total. The van der Waals surface area contributed by atoms with Crippen LogP contribution in [0.5, 0.6) is 5.75 Å². The van der Waals surface area contributed by atoms with Crippen molar-refractivity contribution in [1.29, 1.82) is 0 Å². The van der Waals surface area contributed by atoms with Gasteiger partial charge in [0.2, 0.25) is 0 Å². The second kappa shape index (κ2) is 6.40. The SMILES string of the molecule is CCC1OCCC1C(O)Cc1cc(C)ccc1OC. The first-order valence-electron chi connectivity index (χ1n) is 7.09. The van der Waals surface area contributed by atoms with E-state index in [0.717, 1.165) is 30.8 Å². The second-order valence-electron chi connectivity index (χ2n) is 5.36. The maximum absolute atomic E-state index is 10.5. The molecule has 1 aliphatic heterocycles. The highest BCUT2D eigenvalue weighted by Crippen LogP contribution is 2.30. The molecule has 1 aliphatic rings. The van der Waals surface area contributed by atoms with E-state index in [1.807, 2.05) is 12.1 Å². The molecule has 1 fully saturated rings. The standard InChI is InChI=1S/C16H24O3/c1-4-15-13(7-8-19-15)14(17)10-12-9-11(2)5-6-16(12)18-3/h5-6,9,13-15,17H,4,7-8,10H2,1-3H3. The van der Waals surface area contributed by atoms with Gasteiger partial charge in [0, 0.05) is 18.9 Å². The quantitative estimate of drug-likeness (QED) is 0.888. The predicted molar refractivity (Wildman–Crippen MR) is 75.6 cm³/mol. The van der Waals surface area contributed by atoms with Gasteiger partial charge in [0.05, 0.1) is 19.3 Å². The Bertz CT molecular complexity index is 416. The van der Waals surface area contributed by atoms with E-state index < -0.39 is 0 Å². The van der Waals surface area contributed by atoms with Crippen LogP contribution in [-0.4, -0.2) is 31.0 Å². The minimum atomic E-state index is -0.358. The number of aliphatic hydroxyl groups is 1. The lowest BCUT2D eigenvalue weighted by molar-refractivity contribution is 0.0315. The van der Waals surface area contributed by atoms with Gasteiger partial charge >= 0.3 is 0 Å². The third kappa shape index (κ3) is 3.28. The molecule has 0 radical (unpaired) electrons.